The summed E-state index contributed by atoms with van der Waals surface area (Å²) in [6.45, 7) is 3.42. The Morgan fingerprint density at radius 3 is 3.08 bits per heavy atom. The molecule has 0 saturated heterocycles. The van der Waals surface area contributed by atoms with E-state index in [1.165, 1.54) is 24.1 Å². The molecule has 2 heteroatoms. The summed E-state index contributed by atoms with van der Waals surface area (Å²) in [7, 11) is 0. The van der Waals surface area contributed by atoms with Gasteiger partial charge in [-0.05, 0) is 36.6 Å². The van der Waals surface area contributed by atoms with Crippen LogP contribution in [0.4, 0.5) is 0 Å². The average Bonchev–Trinajstić information content (AvgIpc) is 2.71. The van der Waals surface area contributed by atoms with Crippen LogP contribution >= 0.6 is 11.3 Å². The standard InChI is InChI=1S/C11H17NS/c1-9-4-5-10(7-9)12-8-11-3-2-6-13-11/h2-3,6,9-10,12H,4-5,7-8H2,1H3/t9-,10-/m1/s1. The highest BCUT2D eigenvalue weighted by atomic mass is 32.1. The van der Waals surface area contributed by atoms with E-state index in [1.54, 1.807) is 0 Å². The maximum absolute atomic E-state index is 3.62. The fourth-order valence-corrected chi connectivity index (χ4v) is 2.71. The maximum atomic E-state index is 3.62. The molecule has 0 amide bonds. The first-order valence-corrected chi connectivity index (χ1v) is 5.98. The van der Waals surface area contributed by atoms with Crippen LogP contribution in [0.15, 0.2) is 17.5 Å². The molecule has 0 aromatic carbocycles. The van der Waals surface area contributed by atoms with E-state index in [0.717, 1.165) is 18.5 Å². The number of rotatable bonds is 3. The Labute approximate surface area is 84.2 Å². The summed E-state index contributed by atoms with van der Waals surface area (Å²) in [5, 5.41) is 5.77. The average molecular weight is 195 g/mol. The van der Waals surface area contributed by atoms with E-state index in [0.29, 0.717) is 0 Å². The van der Waals surface area contributed by atoms with Crippen molar-refractivity contribution < 1.29 is 0 Å². The van der Waals surface area contributed by atoms with Gasteiger partial charge >= 0.3 is 0 Å². The summed E-state index contributed by atoms with van der Waals surface area (Å²) >= 11 is 1.84. The van der Waals surface area contributed by atoms with Crippen LogP contribution in [-0.2, 0) is 6.54 Å². The molecule has 0 unspecified atom stereocenters. The number of thiophene rings is 1. The minimum absolute atomic E-state index is 0.775. The molecule has 1 aromatic heterocycles. The van der Waals surface area contributed by atoms with Crippen molar-refractivity contribution in [2.45, 2.75) is 38.8 Å². The normalized spacial score (nSPS) is 28.1. The molecular weight excluding hydrogens is 178 g/mol. The van der Waals surface area contributed by atoms with Gasteiger partial charge in [-0.2, -0.15) is 0 Å². The topological polar surface area (TPSA) is 12.0 Å². The van der Waals surface area contributed by atoms with Gasteiger partial charge in [0, 0.05) is 17.5 Å². The first-order chi connectivity index (χ1) is 6.34. The molecule has 1 heterocycles. The van der Waals surface area contributed by atoms with Crippen molar-refractivity contribution in [1.82, 2.24) is 5.32 Å². The summed E-state index contributed by atoms with van der Waals surface area (Å²) in [5.41, 5.74) is 0. The number of hydrogen-bond acceptors (Lipinski definition) is 2. The molecule has 2 atom stereocenters. The summed E-state index contributed by atoms with van der Waals surface area (Å²) in [6, 6.07) is 5.10. The van der Waals surface area contributed by atoms with Crippen LogP contribution in [0.2, 0.25) is 0 Å². The highest BCUT2D eigenvalue weighted by Crippen LogP contribution is 2.24. The van der Waals surface area contributed by atoms with E-state index in [4.69, 9.17) is 0 Å². The van der Waals surface area contributed by atoms with Gasteiger partial charge < -0.3 is 5.32 Å². The highest BCUT2D eigenvalue weighted by Gasteiger charge is 2.20. The number of nitrogens with one attached hydrogen (secondary N) is 1. The van der Waals surface area contributed by atoms with Crippen LogP contribution in [0.25, 0.3) is 0 Å². The molecule has 72 valence electrons. The molecule has 1 aromatic rings. The molecule has 0 aliphatic heterocycles. The van der Waals surface area contributed by atoms with E-state index >= 15 is 0 Å². The van der Waals surface area contributed by atoms with Gasteiger partial charge in [0.05, 0.1) is 0 Å². The summed E-state index contributed by atoms with van der Waals surface area (Å²) in [5.74, 6) is 0.931. The van der Waals surface area contributed by atoms with Crippen LogP contribution in [0.1, 0.15) is 31.1 Å². The van der Waals surface area contributed by atoms with Crippen molar-refractivity contribution in [3.8, 4) is 0 Å². The Hall–Kier alpha value is -0.340. The third-order valence-electron chi connectivity index (χ3n) is 2.84. The molecule has 1 N–H and O–H groups in total. The van der Waals surface area contributed by atoms with Crippen molar-refractivity contribution in [3.63, 3.8) is 0 Å². The van der Waals surface area contributed by atoms with E-state index in [1.807, 2.05) is 11.3 Å². The van der Waals surface area contributed by atoms with Crippen molar-refractivity contribution in [1.29, 1.82) is 0 Å². The first kappa shape index (κ1) is 9.22. The van der Waals surface area contributed by atoms with Gasteiger partial charge in [0.2, 0.25) is 0 Å². The molecule has 1 aliphatic carbocycles. The van der Waals surface area contributed by atoms with Gasteiger partial charge in [0.15, 0.2) is 0 Å². The van der Waals surface area contributed by atoms with Crippen molar-refractivity contribution in [2.75, 3.05) is 0 Å². The van der Waals surface area contributed by atoms with Gasteiger partial charge in [-0.1, -0.05) is 13.0 Å². The fourth-order valence-electron chi connectivity index (χ4n) is 2.05. The lowest BCUT2D eigenvalue weighted by molar-refractivity contribution is 0.504. The minimum atomic E-state index is 0.775. The second-order valence-corrected chi connectivity index (χ2v) is 5.11. The van der Waals surface area contributed by atoms with E-state index in [-0.39, 0.29) is 0 Å². The molecule has 1 saturated carbocycles. The van der Waals surface area contributed by atoms with Gasteiger partial charge in [-0.15, -0.1) is 11.3 Å². The van der Waals surface area contributed by atoms with Crippen LogP contribution in [0.3, 0.4) is 0 Å². The zero-order chi connectivity index (χ0) is 9.10. The lowest BCUT2D eigenvalue weighted by Crippen LogP contribution is -2.25. The smallest absolute Gasteiger partial charge is 0.0302 e. The largest absolute Gasteiger partial charge is 0.309 e. The highest BCUT2D eigenvalue weighted by molar-refractivity contribution is 7.09. The quantitative estimate of drug-likeness (QED) is 0.781. The van der Waals surface area contributed by atoms with Gasteiger partial charge in [0.1, 0.15) is 0 Å². The molecule has 1 fully saturated rings. The second kappa shape index (κ2) is 4.25. The predicted octanol–water partition coefficient (Wildman–Crippen LogP) is 3.03. The molecule has 2 rings (SSSR count). The van der Waals surface area contributed by atoms with Gasteiger partial charge in [-0.25, -0.2) is 0 Å². The van der Waals surface area contributed by atoms with E-state index in [9.17, 15) is 0 Å². The van der Waals surface area contributed by atoms with Crippen LogP contribution in [-0.4, -0.2) is 6.04 Å². The molecule has 0 radical (unpaired) electrons. The zero-order valence-electron chi connectivity index (χ0n) is 8.12. The van der Waals surface area contributed by atoms with E-state index < -0.39 is 0 Å². The van der Waals surface area contributed by atoms with Crippen molar-refractivity contribution in [2.24, 2.45) is 5.92 Å². The Balaban J connectivity index is 1.74. The minimum Gasteiger partial charge on any atom is -0.309 e. The second-order valence-electron chi connectivity index (χ2n) is 4.08. The third kappa shape index (κ3) is 2.55. The molecule has 13 heavy (non-hydrogen) atoms. The Bertz CT molecular complexity index is 243. The third-order valence-corrected chi connectivity index (χ3v) is 3.72. The summed E-state index contributed by atoms with van der Waals surface area (Å²) in [4.78, 5) is 1.46. The summed E-state index contributed by atoms with van der Waals surface area (Å²) in [6.07, 6.45) is 4.14. The Morgan fingerprint density at radius 1 is 1.54 bits per heavy atom. The van der Waals surface area contributed by atoms with Crippen molar-refractivity contribution in [3.05, 3.63) is 22.4 Å². The molecule has 1 nitrogen and oxygen atoms in total. The lowest BCUT2D eigenvalue weighted by Gasteiger charge is -2.10. The van der Waals surface area contributed by atoms with Crippen LogP contribution in [0.5, 0.6) is 0 Å². The fraction of sp³-hybridized carbons (Fsp3) is 0.636. The van der Waals surface area contributed by atoms with E-state index in [2.05, 4.69) is 29.8 Å². The van der Waals surface area contributed by atoms with Gasteiger partial charge in [-0.3, -0.25) is 0 Å². The van der Waals surface area contributed by atoms with Crippen LogP contribution in [0, 0.1) is 5.92 Å². The predicted molar refractivity (Wildman–Crippen MR) is 58.0 cm³/mol. The van der Waals surface area contributed by atoms with Crippen LogP contribution < -0.4 is 5.32 Å². The zero-order valence-corrected chi connectivity index (χ0v) is 8.94. The maximum Gasteiger partial charge on any atom is 0.0302 e. The molecular formula is C11H17NS. The first-order valence-electron chi connectivity index (χ1n) is 5.10. The Morgan fingerprint density at radius 2 is 2.46 bits per heavy atom. The molecule has 0 bridgehead atoms. The Kier molecular flexibility index (Phi) is 3.01. The monoisotopic (exact) mass is 195 g/mol. The van der Waals surface area contributed by atoms with Crippen molar-refractivity contribution >= 4 is 11.3 Å². The lowest BCUT2D eigenvalue weighted by atomic mass is 10.1. The molecule has 1 aliphatic rings. The van der Waals surface area contributed by atoms with Gasteiger partial charge in [0.25, 0.3) is 0 Å². The SMILES string of the molecule is C[C@@H]1CC[C@@H](NCc2cccs2)C1. The molecule has 0 spiro atoms. The number of hydrogen-bond donors (Lipinski definition) is 1. The summed E-state index contributed by atoms with van der Waals surface area (Å²) < 4.78 is 0.